The van der Waals surface area contributed by atoms with Crippen LogP contribution in [0.1, 0.15) is 38.2 Å². The Hall–Kier alpha value is -2.65. The topological polar surface area (TPSA) is 72.9 Å². The van der Waals surface area contributed by atoms with Crippen LogP contribution in [0.2, 0.25) is 0 Å². The Bertz CT molecular complexity index is 1070. The van der Waals surface area contributed by atoms with Crippen LogP contribution in [0.5, 0.6) is 0 Å². The predicted molar refractivity (Wildman–Crippen MR) is 116 cm³/mol. The fourth-order valence-corrected chi connectivity index (χ4v) is 4.53. The highest BCUT2D eigenvalue weighted by Gasteiger charge is 2.33. The van der Waals surface area contributed by atoms with Crippen LogP contribution in [0.3, 0.4) is 0 Å². The van der Waals surface area contributed by atoms with Gasteiger partial charge in [-0.2, -0.15) is 18.3 Å². The second-order valence-electron chi connectivity index (χ2n) is 7.34. The largest absolute Gasteiger partial charge is 0.416 e. The van der Waals surface area contributed by atoms with Crippen molar-refractivity contribution in [1.82, 2.24) is 15.1 Å². The van der Waals surface area contributed by atoms with E-state index < -0.39 is 17.8 Å². The summed E-state index contributed by atoms with van der Waals surface area (Å²) >= 11 is 1.34. The normalized spacial score (nSPS) is 12.7. The number of aromatic nitrogens is 2. The quantitative estimate of drug-likeness (QED) is 0.563. The first-order valence-corrected chi connectivity index (χ1v) is 10.7. The van der Waals surface area contributed by atoms with Crippen molar-refractivity contribution >= 4 is 17.2 Å². The first kappa shape index (κ1) is 23.0. The third-order valence-electron chi connectivity index (χ3n) is 5.20. The van der Waals surface area contributed by atoms with Gasteiger partial charge in [0, 0.05) is 30.1 Å². The first-order valence-electron chi connectivity index (χ1n) is 9.93. The molecule has 0 fully saturated rings. The van der Waals surface area contributed by atoms with Crippen LogP contribution in [-0.2, 0) is 26.1 Å². The Morgan fingerprint density at radius 2 is 2.00 bits per heavy atom. The van der Waals surface area contributed by atoms with Crippen LogP contribution in [-0.4, -0.2) is 28.3 Å². The van der Waals surface area contributed by atoms with Gasteiger partial charge in [-0.15, -0.1) is 11.3 Å². The Morgan fingerprint density at radius 3 is 2.65 bits per heavy atom. The molecule has 0 aliphatic carbocycles. The van der Waals surface area contributed by atoms with E-state index in [-0.39, 0.29) is 24.4 Å². The summed E-state index contributed by atoms with van der Waals surface area (Å²) in [6.07, 6.45) is -1.83. The molecule has 0 aliphatic heterocycles. The van der Waals surface area contributed by atoms with Crippen molar-refractivity contribution in [3.05, 3.63) is 63.0 Å². The third-order valence-corrected chi connectivity index (χ3v) is 6.25. The molecule has 1 atom stereocenters. The number of amides is 1. The Kier molecular flexibility index (Phi) is 6.86. The number of thiophene rings is 1. The molecule has 0 saturated carbocycles. The highest BCUT2D eigenvalue weighted by atomic mass is 32.1. The van der Waals surface area contributed by atoms with Crippen molar-refractivity contribution in [3.8, 4) is 11.3 Å². The Labute approximate surface area is 183 Å². The maximum absolute atomic E-state index is 13.3. The molecule has 3 rings (SSSR count). The summed E-state index contributed by atoms with van der Waals surface area (Å²) < 4.78 is 41.6. The number of halogens is 3. The van der Waals surface area contributed by atoms with E-state index in [4.69, 9.17) is 5.73 Å². The molecule has 9 heteroatoms. The van der Waals surface area contributed by atoms with Crippen molar-refractivity contribution in [3.63, 3.8) is 0 Å². The van der Waals surface area contributed by atoms with Crippen molar-refractivity contribution in [2.75, 3.05) is 6.54 Å². The van der Waals surface area contributed by atoms with E-state index in [0.29, 0.717) is 4.88 Å². The molecule has 3 N–H and O–H groups in total. The van der Waals surface area contributed by atoms with Crippen molar-refractivity contribution in [2.24, 2.45) is 12.8 Å². The van der Waals surface area contributed by atoms with Gasteiger partial charge in [-0.3, -0.25) is 9.48 Å². The summed E-state index contributed by atoms with van der Waals surface area (Å²) in [5.74, 6) is -0.348. The zero-order valence-electron chi connectivity index (χ0n) is 17.6. The van der Waals surface area contributed by atoms with Gasteiger partial charge < -0.3 is 11.1 Å². The van der Waals surface area contributed by atoms with Crippen molar-refractivity contribution in [2.45, 2.75) is 38.9 Å². The minimum atomic E-state index is -4.46. The number of hydrogen-bond acceptors (Lipinski definition) is 4. The van der Waals surface area contributed by atoms with Crippen molar-refractivity contribution < 1.29 is 18.0 Å². The average molecular weight is 451 g/mol. The van der Waals surface area contributed by atoms with E-state index in [2.05, 4.69) is 10.4 Å². The zero-order valence-corrected chi connectivity index (χ0v) is 18.4. The molecule has 2 heterocycles. The molecule has 0 spiro atoms. The highest BCUT2D eigenvalue weighted by Crippen LogP contribution is 2.34. The molecule has 0 radical (unpaired) electrons. The monoisotopic (exact) mass is 450 g/mol. The fraction of sp³-hybridized carbons (Fsp3) is 0.364. The number of rotatable bonds is 7. The minimum absolute atomic E-state index is 0.00312. The van der Waals surface area contributed by atoms with Crippen LogP contribution >= 0.6 is 11.3 Å². The molecule has 3 aromatic rings. The molecule has 166 valence electrons. The van der Waals surface area contributed by atoms with Crippen LogP contribution in [0.4, 0.5) is 13.2 Å². The van der Waals surface area contributed by atoms with Crippen LogP contribution < -0.4 is 11.1 Å². The average Bonchev–Trinajstić information content (AvgIpc) is 3.28. The maximum Gasteiger partial charge on any atom is 0.416 e. The van der Waals surface area contributed by atoms with E-state index in [1.165, 1.54) is 23.5 Å². The second-order valence-corrected chi connectivity index (χ2v) is 8.60. The first-order chi connectivity index (χ1) is 14.7. The van der Waals surface area contributed by atoms with E-state index in [1.807, 2.05) is 33.2 Å². The highest BCUT2D eigenvalue weighted by molar-refractivity contribution is 7.14. The summed E-state index contributed by atoms with van der Waals surface area (Å²) in [4.78, 5) is 14.3. The fourth-order valence-electron chi connectivity index (χ4n) is 3.61. The number of carbonyl (C=O) groups excluding carboxylic acids is 1. The minimum Gasteiger partial charge on any atom is -0.347 e. The second kappa shape index (κ2) is 9.23. The lowest BCUT2D eigenvalue weighted by molar-refractivity contribution is -0.138. The molecule has 1 aromatic carbocycles. The SMILES string of the molecule is CCc1cnn(C)c1-c1cc(C(=O)N[C@H](CN)Cc2ccccc2C(F)(F)F)sc1C. The van der Waals surface area contributed by atoms with E-state index in [0.717, 1.165) is 34.2 Å². The van der Waals surface area contributed by atoms with Gasteiger partial charge in [0.1, 0.15) is 0 Å². The molecule has 5 nitrogen and oxygen atoms in total. The molecular formula is C22H25F3N4OS. The zero-order chi connectivity index (χ0) is 22.8. The molecule has 1 amide bonds. The van der Waals surface area contributed by atoms with E-state index in [9.17, 15) is 18.0 Å². The van der Waals surface area contributed by atoms with E-state index >= 15 is 0 Å². The lowest BCUT2D eigenvalue weighted by Gasteiger charge is -2.19. The lowest BCUT2D eigenvalue weighted by Crippen LogP contribution is -2.41. The number of benzene rings is 1. The number of nitrogens with two attached hydrogens (primary N) is 1. The third kappa shape index (κ3) is 4.99. The van der Waals surface area contributed by atoms with Crippen LogP contribution in [0.15, 0.2) is 36.5 Å². The summed E-state index contributed by atoms with van der Waals surface area (Å²) in [6.45, 7) is 4.00. The van der Waals surface area contributed by atoms with Gasteiger partial charge in [-0.25, -0.2) is 0 Å². The Morgan fingerprint density at radius 1 is 1.29 bits per heavy atom. The van der Waals surface area contributed by atoms with Crippen molar-refractivity contribution in [1.29, 1.82) is 0 Å². The summed E-state index contributed by atoms with van der Waals surface area (Å²) in [7, 11) is 1.86. The number of aryl methyl sites for hydroxylation is 3. The van der Waals surface area contributed by atoms with Gasteiger partial charge in [0.05, 0.1) is 22.3 Å². The maximum atomic E-state index is 13.3. The lowest BCUT2D eigenvalue weighted by atomic mass is 9.99. The number of nitrogens with zero attached hydrogens (tertiary/aromatic N) is 2. The van der Waals surface area contributed by atoms with Gasteiger partial charge >= 0.3 is 6.18 Å². The number of nitrogens with one attached hydrogen (secondary N) is 1. The summed E-state index contributed by atoms with van der Waals surface area (Å²) in [6, 6.07) is 6.54. The molecule has 0 saturated heterocycles. The van der Waals surface area contributed by atoms with Crippen LogP contribution in [0.25, 0.3) is 11.3 Å². The van der Waals surface area contributed by atoms with Gasteiger partial charge in [0.2, 0.25) is 0 Å². The van der Waals surface area contributed by atoms with Gasteiger partial charge in [0.15, 0.2) is 0 Å². The molecule has 31 heavy (non-hydrogen) atoms. The standard InChI is InChI=1S/C22H25F3N4OS/c1-4-14-12-27-29(3)20(14)17-10-19(31-13(17)2)21(30)28-16(11-26)9-15-7-5-6-8-18(15)22(23,24)25/h5-8,10,12,16H,4,9,11,26H2,1-3H3,(H,28,30)/t16-/m0/s1. The summed E-state index contributed by atoms with van der Waals surface area (Å²) in [5.41, 5.74) is 8.15. The molecule has 0 bridgehead atoms. The predicted octanol–water partition coefficient (Wildman–Crippen LogP) is 4.34. The molecule has 2 aromatic heterocycles. The Balaban J connectivity index is 1.81. The van der Waals surface area contributed by atoms with E-state index in [1.54, 1.807) is 10.7 Å². The number of carbonyl (C=O) groups is 1. The number of alkyl halides is 3. The van der Waals surface area contributed by atoms with Crippen LogP contribution in [0, 0.1) is 6.92 Å². The molecule has 0 aliphatic rings. The van der Waals surface area contributed by atoms with Gasteiger partial charge in [-0.05, 0) is 43.0 Å². The van der Waals surface area contributed by atoms with Gasteiger partial charge in [-0.1, -0.05) is 25.1 Å². The number of hydrogen-bond donors (Lipinski definition) is 2. The smallest absolute Gasteiger partial charge is 0.347 e. The molecular weight excluding hydrogens is 425 g/mol. The summed E-state index contributed by atoms with van der Waals surface area (Å²) in [5, 5.41) is 7.10. The van der Waals surface area contributed by atoms with Gasteiger partial charge in [0.25, 0.3) is 5.91 Å². The molecule has 0 unspecified atom stereocenters.